The third kappa shape index (κ3) is 6.00. The predicted molar refractivity (Wildman–Crippen MR) is 92.3 cm³/mol. The van der Waals surface area contributed by atoms with Crippen LogP contribution in [-0.2, 0) is 12.2 Å². The first-order chi connectivity index (χ1) is 10.3. The largest absolute Gasteiger partial charge is 0.493 e. The van der Waals surface area contributed by atoms with Crippen LogP contribution in [0.1, 0.15) is 11.1 Å². The van der Waals surface area contributed by atoms with Crippen LogP contribution in [0.3, 0.4) is 0 Å². The molecule has 0 aliphatic rings. The molecule has 0 bridgehead atoms. The summed E-state index contributed by atoms with van der Waals surface area (Å²) in [5.74, 6) is 2.87. The molecule has 0 aliphatic carbocycles. The molecule has 2 aromatic carbocycles. The lowest BCUT2D eigenvalue weighted by molar-refractivity contribution is 0.344. The predicted octanol–water partition coefficient (Wildman–Crippen LogP) is 4.15. The third-order valence-corrected chi connectivity index (χ3v) is 4.28. The summed E-state index contributed by atoms with van der Waals surface area (Å²) in [5.41, 5.74) is 8.07. The van der Waals surface area contributed by atoms with E-state index in [9.17, 15) is 0 Å². The Balaban J connectivity index is 1.64. The van der Waals surface area contributed by atoms with E-state index >= 15 is 0 Å². The summed E-state index contributed by atoms with van der Waals surface area (Å²) in [5, 5.41) is 0.783. The van der Waals surface area contributed by atoms with Gasteiger partial charge in [-0.25, -0.2) is 0 Å². The minimum atomic E-state index is 0.682. The summed E-state index contributed by atoms with van der Waals surface area (Å²) in [6.45, 7) is 1.40. The minimum absolute atomic E-state index is 0.682. The highest BCUT2D eigenvalue weighted by atomic mass is 35.5. The Morgan fingerprint density at radius 1 is 0.952 bits per heavy atom. The maximum absolute atomic E-state index is 5.86. The van der Waals surface area contributed by atoms with E-state index in [1.165, 1.54) is 11.1 Å². The van der Waals surface area contributed by atoms with Gasteiger partial charge in [0.25, 0.3) is 0 Å². The van der Waals surface area contributed by atoms with E-state index in [1.54, 1.807) is 0 Å². The topological polar surface area (TPSA) is 35.2 Å². The van der Waals surface area contributed by atoms with Gasteiger partial charge < -0.3 is 10.5 Å². The lowest BCUT2D eigenvalue weighted by Gasteiger charge is -2.07. The molecule has 0 spiro atoms. The number of thioether (sulfide) groups is 1. The quantitative estimate of drug-likeness (QED) is 0.742. The molecule has 2 rings (SSSR count). The average Bonchev–Trinajstić information content (AvgIpc) is 2.51. The van der Waals surface area contributed by atoms with E-state index in [-0.39, 0.29) is 0 Å². The van der Waals surface area contributed by atoms with E-state index < -0.39 is 0 Å². The lowest BCUT2D eigenvalue weighted by Crippen LogP contribution is -2.03. The second kappa shape index (κ2) is 8.98. The zero-order valence-electron chi connectivity index (χ0n) is 11.9. The first-order valence-electron chi connectivity index (χ1n) is 7.02. The van der Waals surface area contributed by atoms with Crippen LogP contribution in [0.2, 0.25) is 5.02 Å². The van der Waals surface area contributed by atoms with Crippen molar-refractivity contribution in [3.05, 3.63) is 64.7 Å². The molecule has 2 aromatic rings. The van der Waals surface area contributed by atoms with Crippen molar-refractivity contribution < 1.29 is 4.74 Å². The maximum atomic E-state index is 5.86. The van der Waals surface area contributed by atoms with E-state index in [4.69, 9.17) is 22.1 Å². The first-order valence-corrected chi connectivity index (χ1v) is 8.55. The van der Waals surface area contributed by atoms with Crippen LogP contribution in [0.15, 0.2) is 48.5 Å². The van der Waals surface area contributed by atoms with Gasteiger partial charge in [-0.3, -0.25) is 0 Å². The summed E-state index contributed by atoms with van der Waals surface area (Å²) in [4.78, 5) is 0. The lowest BCUT2D eigenvalue weighted by atomic mass is 10.1. The van der Waals surface area contributed by atoms with Crippen LogP contribution in [-0.4, -0.2) is 18.9 Å². The Hall–Kier alpha value is -1.16. The van der Waals surface area contributed by atoms with Crippen molar-refractivity contribution >= 4 is 23.4 Å². The molecule has 0 radical (unpaired) electrons. The summed E-state index contributed by atoms with van der Waals surface area (Å²) >= 11 is 7.72. The number of halogens is 1. The Morgan fingerprint density at radius 2 is 1.62 bits per heavy atom. The van der Waals surface area contributed by atoms with Gasteiger partial charge in [0.1, 0.15) is 5.75 Å². The van der Waals surface area contributed by atoms with E-state index in [0.29, 0.717) is 13.2 Å². The second-order valence-electron chi connectivity index (χ2n) is 4.71. The van der Waals surface area contributed by atoms with Crippen LogP contribution >= 0.6 is 23.4 Å². The Labute approximate surface area is 135 Å². The van der Waals surface area contributed by atoms with E-state index in [0.717, 1.165) is 28.7 Å². The van der Waals surface area contributed by atoms with Crippen molar-refractivity contribution in [2.45, 2.75) is 12.2 Å². The fourth-order valence-corrected chi connectivity index (χ4v) is 2.81. The highest BCUT2D eigenvalue weighted by Crippen LogP contribution is 2.16. The Kier molecular flexibility index (Phi) is 6.93. The zero-order chi connectivity index (χ0) is 14.9. The standard InChI is InChI=1S/C17H20ClNOS/c18-16-5-1-15(2-6-16)13-21-12-11-20-17-7-3-14(4-8-17)9-10-19/h1-8H,9-13,19H2. The number of benzene rings is 2. The second-order valence-corrected chi connectivity index (χ2v) is 6.25. The molecule has 112 valence electrons. The molecule has 0 aliphatic heterocycles. The first kappa shape index (κ1) is 16.2. The van der Waals surface area contributed by atoms with Gasteiger partial charge in [0.15, 0.2) is 0 Å². The van der Waals surface area contributed by atoms with Crippen molar-refractivity contribution in [2.24, 2.45) is 5.73 Å². The Bertz CT molecular complexity index is 527. The fourth-order valence-electron chi connectivity index (χ4n) is 1.91. The Morgan fingerprint density at radius 3 is 2.29 bits per heavy atom. The molecule has 0 unspecified atom stereocenters. The SMILES string of the molecule is NCCc1ccc(OCCSCc2ccc(Cl)cc2)cc1. The number of rotatable bonds is 8. The number of hydrogen-bond donors (Lipinski definition) is 1. The monoisotopic (exact) mass is 321 g/mol. The molecular weight excluding hydrogens is 302 g/mol. The summed E-state index contributed by atoms with van der Waals surface area (Å²) < 4.78 is 5.72. The van der Waals surface area contributed by atoms with Crippen molar-refractivity contribution in [3.8, 4) is 5.75 Å². The molecule has 4 heteroatoms. The van der Waals surface area contributed by atoms with Gasteiger partial charge >= 0.3 is 0 Å². The minimum Gasteiger partial charge on any atom is -0.493 e. The summed E-state index contributed by atoms with van der Waals surface area (Å²) in [7, 11) is 0. The molecule has 0 atom stereocenters. The highest BCUT2D eigenvalue weighted by molar-refractivity contribution is 7.98. The van der Waals surface area contributed by atoms with Crippen LogP contribution in [0.4, 0.5) is 0 Å². The van der Waals surface area contributed by atoms with E-state index in [1.807, 2.05) is 36.0 Å². The molecule has 0 saturated carbocycles. The average molecular weight is 322 g/mol. The molecule has 0 fully saturated rings. The van der Waals surface area contributed by atoms with Crippen molar-refractivity contribution in [1.82, 2.24) is 0 Å². The zero-order valence-corrected chi connectivity index (χ0v) is 13.5. The smallest absolute Gasteiger partial charge is 0.119 e. The molecule has 2 N–H and O–H groups in total. The van der Waals surface area contributed by atoms with Gasteiger partial charge in [0.2, 0.25) is 0 Å². The van der Waals surface area contributed by atoms with Crippen molar-refractivity contribution in [2.75, 3.05) is 18.9 Å². The molecule has 0 amide bonds. The maximum Gasteiger partial charge on any atom is 0.119 e. The van der Waals surface area contributed by atoms with Gasteiger partial charge in [0, 0.05) is 16.5 Å². The normalized spacial score (nSPS) is 10.6. The van der Waals surface area contributed by atoms with Gasteiger partial charge in [-0.15, -0.1) is 0 Å². The number of hydrogen-bond acceptors (Lipinski definition) is 3. The molecule has 0 aromatic heterocycles. The van der Waals surface area contributed by atoms with Crippen LogP contribution in [0.25, 0.3) is 0 Å². The summed E-state index contributed by atoms with van der Waals surface area (Å²) in [6, 6.07) is 16.1. The molecule has 2 nitrogen and oxygen atoms in total. The van der Waals surface area contributed by atoms with Crippen LogP contribution < -0.4 is 10.5 Å². The van der Waals surface area contributed by atoms with Crippen molar-refractivity contribution in [1.29, 1.82) is 0 Å². The molecule has 0 saturated heterocycles. The highest BCUT2D eigenvalue weighted by Gasteiger charge is 1.97. The van der Waals surface area contributed by atoms with Gasteiger partial charge in [-0.1, -0.05) is 35.9 Å². The van der Waals surface area contributed by atoms with Gasteiger partial charge in [0.05, 0.1) is 6.61 Å². The van der Waals surface area contributed by atoms with Crippen molar-refractivity contribution in [3.63, 3.8) is 0 Å². The van der Waals surface area contributed by atoms with Crippen LogP contribution in [0, 0.1) is 0 Å². The molecular formula is C17H20ClNOS. The fraction of sp³-hybridized carbons (Fsp3) is 0.294. The van der Waals surface area contributed by atoms with E-state index in [2.05, 4.69) is 24.3 Å². The summed E-state index contributed by atoms with van der Waals surface area (Å²) in [6.07, 6.45) is 0.914. The number of ether oxygens (including phenoxy) is 1. The number of nitrogens with two attached hydrogens (primary N) is 1. The molecule has 21 heavy (non-hydrogen) atoms. The van der Waals surface area contributed by atoms with Gasteiger partial charge in [-0.2, -0.15) is 11.8 Å². The molecule has 0 heterocycles. The third-order valence-electron chi connectivity index (χ3n) is 3.03. The van der Waals surface area contributed by atoms with Gasteiger partial charge in [-0.05, 0) is 48.4 Å². The van der Waals surface area contributed by atoms with Crippen LogP contribution in [0.5, 0.6) is 5.75 Å².